The normalized spacial score (nSPS) is 21.0. The number of hydrogen-bond donors (Lipinski definition) is 0. The van der Waals surface area contributed by atoms with E-state index in [-0.39, 0.29) is 40.8 Å². The largest absolute Gasteiger partial charge is 0.487 e. The number of benzene rings is 1. The summed E-state index contributed by atoms with van der Waals surface area (Å²) in [5.74, 6) is -0.377. The van der Waals surface area contributed by atoms with E-state index in [0.717, 1.165) is 37.7 Å². The number of carbonyl (C=O) groups excluding carboxylic acids is 1. The monoisotopic (exact) mass is 399 g/mol. The van der Waals surface area contributed by atoms with Gasteiger partial charge in [-0.15, -0.1) is 0 Å². The van der Waals surface area contributed by atoms with Crippen LogP contribution < -0.4 is 15.2 Å². The summed E-state index contributed by atoms with van der Waals surface area (Å²) in [6, 6.07) is 7.93. The van der Waals surface area contributed by atoms with Gasteiger partial charge in [-0.25, -0.2) is 4.39 Å². The van der Waals surface area contributed by atoms with E-state index in [2.05, 4.69) is 5.01 Å². The maximum absolute atomic E-state index is 13.5. The van der Waals surface area contributed by atoms with Crippen LogP contribution in [0.15, 0.2) is 41.3 Å². The number of halogens is 1. The van der Waals surface area contributed by atoms with E-state index < -0.39 is 0 Å². The van der Waals surface area contributed by atoms with Gasteiger partial charge in [0.15, 0.2) is 11.4 Å². The zero-order valence-electron chi connectivity index (χ0n) is 16.8. The standard InChI is InChI=1S/C22H26FN3O3/c1-3-4-14-29-21-18(27)12-13-25-20(21)22(28)24(2)19-7-5-6-17(26(19)25)15-8-10-16(23)11-9-15/h8-13,17,19H,3-7,14H2,1-2H3. The smallest absolute Gasteiger partial charge is 0.277 e. The number of unbranched alkanes of at least 4 members (excludes halogenated alkanes) is 1. The van der Waals surface area contributed by atoms with Crippen LogP contribution in [0.4, 0.5) is 4.39 Å². The first-order valence-corrected chi connectivity index (χ1v) is 10.2. The lowest BCUT2D eigenvalue weighted by Crippen LogP contribution is -2.62. The molecule has 1 fully saturated rings. The fourth-order valence-corrected chi connectivity index (χ4v) is 4.29. The molecule has 2 aliphatic rings. The summed E-state index contributed by atoms with van der Waals surface area (Å²) >= 11 is 0. The molecule has 2 unspecified atom stereocenters. The minimum atomic E-state index is -0.289. The summed E-state index contributed by atoms with van der Waals surface area (Å²) in [7, 11) is 1.77. The highest BCUT2D eigenvalue weighted by Crippen LogP contribution is 2.38. The average Bonchev–Trinajstić information content (AvgIpc) is 2.73. The molecule has 29 heavy (non-hydrogen) atoms. The average molecular weight is 399 g/mol. The van der Waals surface area contributed by atoms with E-state index in [1.165, 1.54) is 18.2 Å². The van der Waals surface area contributed by atoms with Crippen LogP contribution in [0.2, 0.25) is 0 Å². The maximum Gasteiger partial charge on any atom is 0.277 e. The molecule has 2 aliphatic heterocycles. The van der Waals surface area contributed by atoms with E-state index in [4.69, 9.17) is 4.74 Å². The Morgan fingerprint density at radius 3 is 2.62 bits per heavy atom. The Bertz CT molecular complexity index is 957. The summed E-state index contributed by atoms with van der Waals surface area (Å²) in [5.41, 5.74) is 0.959. The van der Waals surface area contributed by atoms with Crippen LogP contribution in [0.1, 0.15) is 61.1 Å². The van der Waals surface area contributed by atoms with Crippen LogP contribution in [0.25, 0.3) is 0 Å². The fraction of sp³-hybridized carbons (Fsp3) is 0.455. The summed E-state index contributed by atoms with van der Waals surface area (Å²) < 4.78 is 21.0. The molecule has 0 N–H and O–H groups in total. The van der Waals surface area contributed by atoms with Crippen molar-refractivity contribution in [3.63, 3.8) is 0 Å². The summed E-state index contributed by atoms with van der Waals surface area (Å²) in [5, 5.41) is 2.12. The zero-order chi connectivity index (χ0) is 20.5. The number of carbonyl (C=O) groups is 1. The van der Waals surface area contributed by atoms with E-state index in [0.29, 0.717) is 6.61 Å². The Balaban J connectivity index is 1.82. The number of rotatable bonds is 5. The molecule has 154 valence electrons. The topological polar surface area (TPSA) is 54.8 Å². The quantitative estimate of drug-likeness (QED) is 0.723. The molecule has 2 atom stereocenters. The van der Waals surface area contributed by atoms with E-state index in [1.54, 1.807) is 35.0 Å². The minimum absolute atomic E-state index is 0.0327. The zero-order valence-corrected chi connectivity index (χ0v) is 16.8. The van der Waals surface area contributed by atoms with Gasteiger partial charge in [0.2, 0.25) is 5.43 Å². The Hall–Kier alpha value is -2.83. The number of aromatic nitrogens is 1. The van der Waals surface area contributed by atoms with Crippen molar-refractivity contribution in [3.8, 4) is 5.75 Å². The number of pyridine rings is 1. The van der Waals surface area contributed by atoms with Gasteiger partial charge in [0.05, 0.1) is 12.6 Å². The second-order valence-corrected chi connectivity index (χ2v) is 7.68. The first kappa shape index (κ1) is 19.5. The molecule has 0 aliphatic carbocycles. The number of hydrogen-bond acceptors (Lipinski definition) is 4. The number of fused-ring (bicyclic) bond motifs is 3. The number of piperidine rings is 1. The Labute approximate surface area is 169 Å². The van der Waals surface area contributed by atoms with Crippen molar-refractivity contribution >= 4 is 5.91 Å². The molecule has 1 amide bonds. The van der Waals surface area contributed by atoms with Gasteiger partial charge < -0.3 is 9.64 Å². The number of ether oxygens (including phenoxy) is 1. The third kappa shape index (κ3) is 3.39. The molecule has 0 radical (unpaired) electrons. The molecule has 7 heteroatoms. The Morgan fingerprint density at radius 1 is 1.14 bits per heavy atom. The second-order valence-electron chi connectivity index (χ2n) is 7.68. The van der Waals surface area contributed by atoms with E-state index >= 15 is 0 Å². The molecule has 2 aromatic rings. The summed E-state index contributed by atoms with van der Waals surface area (Å²) in [6.45, 7) is 2.44. The fourth-order valence-electron chi connectivity index (χ4n) is 4.29. The first-order valence-electron chi connectivity index (χ1n) is 10.2. The van der Waals surface area contributed by atoms with Gasteiger partial charge in [0, 0.05) is 19.3 Å². The van der Waals surface area contributed by atoms with Crippen LogP contribution in [0, 0.1) is 5.82 Å². The molecule has 4 rings (SSSR count). The van der Waals surface area contributed by atoms with Crippen molar-refractivity contribution in [2.24, 2.45) is 0 Å². The van der Waals surface area contributed by atoms with Gasteiger partial charge in [-0.3, -0.25) is 19.3 Å². The van der Waals surface area contributed by atoms with Crippen LogP contribution in [0.3, 0.4) is 0 Å². The molecule has 0 saturated carbocycles. The molecule has 3 heterocycles. The third-order valence-electron chi connectivity index (χ3n) is 5.82. The minimum Gasteiger partial charge on any atom is -0.487 e. The summed E-state index contributed by atoms with van der Waals surface area (Å²) in [6.07, 6.45) is 5.93. The highest BCUT2D eigenvalue weighted by Gasteiger charge is 2.43. The van der Waals surface area contributed by atoms with Crippen molar-refractivity contribution in [2.45, 2.75) is 51.2 Å². The van der Waals surface area contributed by atoms with Crippen molar-refractivity contribution in [1.29, 1.82) is 0 Å². The number of nitrogens with zero attached hydrogens (tertiary/aromatic N) is 3. The van der Waals surface area contributed by atoms with Gasteiger partial charge in [0.1, 0.15) is 12.0 Å². The predicted octanol–water partition coefficient (Wildman–Crippen LogP) is 3.44. The van der Waals surface area contributed by atoms with Gasteiger partial charge in [-0.05, 0) is 43.4 Å². The van der Waals surface area contributed by atoms with Crippen LogP contribution in [0.5, 0.6) is 5.75 Å². The molecule has 0 bridgehead atoms. The van der Waals surface area contributed by atoms with Crippen molar-refractivity contribution < 1.29 is 13.9 Å². The highest BCUT2D eigenvalue weighted by molar-refractivity contribution is 5.96. The van der Waals surface area contributed by atoms with Gasteiger partial charge in [0.25, 0.3) is 5.91 Å². The van der Waals surface area contributed by atoms with E-state index in [9.17, 15) is 14.0 Å². The van der Waals surface area contributed by atoms with Crippen molar-refractivity contribution in [2.75, 3.05) is 18.7 Å². The molecule has 1 saturated heterocycles. The van der Waals surface area contributed by atoms with Gasteiger partial charge in [-0.1, -0.05) is 25.5 Å². The lowest BCUT2D eigenvalue weighted by atomic mass is 9.93. The lowest BCUT2D eigenvalue weighted by molar-refractivity contribution is 0.0550. The van der Waals surface area contributed by atoms with Gasteiger partial charge in [-0.2, -0.15) is 0 Å². The third-order valence-corrected chi connectivity index (χ3v) is 5.82. The Morgan fingerprint density at radius 2 is 1.90 bits per heavy atom. The molecule has 0 spiro atoms. The van der Waals surface area contributed by atoms with Gasteiger partial charge >= 0.3 is 0 Å². The van der Waals surface area contributed by atoms with Crippen molar-refractivity contribution in [3.05, 3.63) is 63.8 Å². The Kier molecular flexibility index (Phi) is 5.30. The molecular weight excluding hydrogens is 373 g/mol. The molecular formula is C22H26FN3O3. The van der Waals surface area contributed by atoms with E-state index in [1.807, 2.05) is 6.92 Å². The highest BCUT2D eigenvalue weighted by atomic mass is 19.1. The van der Waals surface area contributed by atoms with Crippen LogP contribution >= 0.6 is 0 Å². The second kappa shape index (κ2) is 7.89. The van der Waals surface area contributed by atoms with Crippen LogP contribution in [-0.2, 0) is 0 Å². The maximum atomic E-state index is 13.5. The molecule has 6 nitrogen and oxygen atoms in total. The van der Waals surface area contributed by atoms with Crippen LogP contribution in [-0.4, -0.2) is 35.3 Å². The SMILES string of the molecule is CCCCOc1c2n(ccc1=O)N1C(c3ccc(F)cc3)CCCC1N(C)C2=O. The predicted molar refractivity (Wildman–Crippen MR) is 108 cm³/mol. The molecule has 1 aromatic carbocycles. The first-order chi connectivity index (χ1) is 14.0. The lowest BCUT2D eigenvalue weighted by Gasteiger charge is -2.51. The number of amides is 1. The summed E-state index contributed by atoms with van der Waals surface area (Å²) in [4.78, 5) is 27.4. The molecule has 1 aromatic heterocycles. The van der Waals surface area contributed by atoms with Crippen molar-refractivity contribution in [1.82, 2.24) is 9.58 Å².